The van der Waals surface area contributed by atoms with Gasteiger partial charge >= 0.3 is 5.97 Å². The van der Waals surface area contributed by atoms with E-state index in [2.05, 4.69) is 16.1 Å². The number of nitrogens with one attached hydrogen (secondary N) is 2. The van der Waals surface area contributed by atoms with Gasteiger partial charge in [0.2, 0.25) is 0 Å². The van der Waals surface area contributed by atoms with E-state index in [9.17, 15) is 18.0 Å². The van der Waals surface area contributed by atoms with Gasteiger partial charge in [0, 0.05) is 0 Å². The Morgan fingerprint density at radius 2 is 1.77 bits per heavy atom. The highest BCUT2D eigenvalue weighted by atomic mass is 32.2. The molecule has 0 aromatic heterocycles. The number of carbonyl (C=O) groups excluding carboxylic acids is 2. The second-order valence-electron chi connectivity index (χ2n) is 8.12. The van der Waals surface area contributed by atoms with Gasteiger partial charge in [-0.3, -0.25) is 9.52 Å². The van der Waals surface area contributed by atoms with Crippen LogP contribution in [0.2, 0.25) is 0 Å². The Morgan fingerprint density at radius 1 is 1.00 bits per heavy atom. The number of esters is 1. The van der Waals surface area contributed by atoms with Crippen LogP contribution < -0.4 is 14.8 Å². The van der Waals surface area contributed by atoms with Gasteiger partial charge in [0.05, 0.1) is 29.3 Å². The molecule has 0 fully saturated rings. The summed E-state index contributed by atoms with van der Waals surface area (Å²) in [6.45, 7) is -0.464. The van der Waals surface area contributed by atoms with Crippen LogP contribution >= 0.6 is 0 Å². The minimum atomic E-state index is -4.00. The highest BCUT2D eigenvalue weighted by molar-refractivity contribution is 7.92. The van der Waals surface area contributed by atoms with Crippen LogP contribution in [0.1, 0.15) is 40.4 Å². The van der Waals surface area contributed by atoms with Crippen molar-refractivity contribution in [1.82, 2.24) is 5.32 Å². The third kappa shape index (κ3) is 5.81. The predicted octanol–water partition coefficient (Wildman–Crippen LogP) is 3.85. The van der Waals surface area contributed by atoms with E-state index < -0.39 is 28.5 Å². The van der Waals surface area contributed by atoms with Crippen molar-refractivity contribution in [1.29, 1.82) is 0 Å². The SMILES string of the molecule is COc1ccccc1NS(=O)(=O)c1cccc(C(=O)OCC(=O)NC2CCCc3ccccc32)c1. The van der Waals surface area contributed by atoms with Crippen molar-refractivity contribution in [3.8, 4) is 5.75 Å². The van der Waals surface area contributed by atoms with Crippen LogP contribution in [0.4, 0.5) is 5.69 Å². The van der Waals surface area contributed by atoms with Crippen LogP contribution in [0.15, 0.2) is 77.7 Å². The summed E-state index contributed by atoms with van der Waals surface area (Å²) in [5.41, 5.74) is 2.58. The first-order valence-electron chi connectivity index (χ1n) is 11.2. The molecule has 1 aliphatic carbocycles. The van der Waals surface area contributed by atoms with E-state index >= 15 is 0 Å². The van der Waals surface area contributed by atoms with Gasteiger partial charge in [0.25, 0.3) is 15.9 Å². The summed E-state index contributed by atoms with van der Waals surface area (Å²) < 4.78 is 38.5. The molecular weight excluding hydrogens is 468 g/mol. The molecule has 0 aliphatic heterocycles. The summed E-state index contributed by atoms with van der Waals surface area (Å²) in [4.78, 5) is 24.9. The molecule has 0 radical (unpaired) electrons. The zero-order chi connectivity index (χ0) is 24.8. The van der Waals surface area contributed by atoms with Gasteiger partial charge in [0.1, 0.15) is 5.75 Å². The lowest BCUT2D eigenvalue weighted by Crippen LogP contribution is -2.34. The number of ether oxygens (including phenoxy) is 2. The van der Waals surface area contributed by atoms with Crippen molar-refractivity contribution in [2.24, 2.45) is 0 Å². The number of sulfonamides is 1. The summed E-state index contributed by atoms with van der Waals surface area (Å²) in [6, 6.07) is 19.9. The third-order valence-corrected chi connectivity index (χ3v) is 7.13. The van der Waals surface area contributed by atoms with Gasteiger partial charge < -0.3 is 14.8 Å². The number of benzene rings is 3. The first-order chi connectivity index (χ1) is 16.9. The minimum absolute atomic E-state index is 0.0173. The number of amides is 1. The van der Waals surface area contributed by atoms with Gasteiger partial charge in [-0.2, -0.15) is 0 Å². The van der Waals surface area contributed by atoms with E-state index in [1.165, 1.54) is 36.9 Å². The summed E-state index contributed by atoms with van der Waals surface area (Å²) in [5, 5.41) is 2.92. The molecule has 1 aliphatic rings. The Balaban J connectivity index is 1.39. The number of rotatable bonds is 8. The van der Waals surface area contributed by atoms with Crippen LogP contribution in [0.3, 0.4) is 0 Å². The number of methoxy groups -OCH3 is 1. The van der Waals surface area contributed by atoms with E-state index in [0.717, 1.165) is 24.8 Å². The van der Waals surface area contributed by atoms with Gasteiger partial charge in [-0.25, -0.2) is 13.2 Å². The van der Waals surface area contributed by atoms with Gasteiger partial charge in [-0.05, 0) is 60.7 Å². The predicted molar refractivity (Wildman–Crippen MR) is 131 cm³/mol. The highest BCUT2D eigenvalue weighted by Gasteiger charge is 2.23. The Bertz CT molecular complexity index is 1340. The summed E-state index contributed by atoms with van der Waals surface area (Å²) in [6.07, 6.45) is 2.75. The average Bonchev–Trinajstić information content (AvgIpc) is 2.87. The normalized spacial score (nSPS) is 14.9. The molecule has 182 valence electrons. The molecule has 0 heterocycles. The van der Waals surface area contributed by atoms with E-state index in [0.29, 0.717) is 5.75 Å². The second kappa shape index (κ2) is 10.6. The van der Waals surface area contributed by atoms with Crippen LogP contribution in [-0.2, 0) is 26.0 Å². The van der Waals surface area contributed by atoms with Crippen molar-refractivity contribution in [2.45, 2.75) is 30.2 Å². The molecule has 1 unspecified atom stereocenters. The molecule has 0 saturated carbocycles. The fourth-order valence-electron chi connectivity index (χ4n) is 4.08. The molecule has 1 amide bonds. The number of fused-ring (bicyclic) bond motifs is 1. The maximum Gasteiger partial charge on any atom is 0.338 e. The Morgan fingerprint density at radius 3 is 2.60 bits per heavy atom. The molecule has 2 N–H and O–H groups in total. The largest absolute Gasteiger partial charge is 0.495 e. The Labute approximate surface area is 204 Å². The average molecular weight is 495 g/mol. The van der Waals surface area contributed by atoms with Gasteiger partial charge in [-0.15, -0.1) is 0 Å². The van der Waals surface area contributed by atoms with Crippen molar-refractivity contribution >= 4 is 27.6 Å². The minimum Gasteiger partial charge on any atom is -0.495 e. The molecule has 3 aromatic rings. The van der Waals surface area contributed by atoms with E-state index in [1.54, 1.807) is 24.3 Å². The smallest absolute Gasteiger partial charge is 0.338 e. The monoisotopic (exact) mass is 494 g/mol. The Kier molecular flexibility index (Phi) is 7.36. The summed E-state index contributed by atoms with van der Waals surface area (Å²) in [5.74, 6) is -0.849. The van der Waals surface area contributed by atoms with Crippen molar-refractivity contribution < 1.29 is 27.5 Å². The number of aryl methyl sites for hydroxylation is 1. The van der Waals surface area contributed by atoms with Crippen LogP contribution in [0.25, 0.3) is 0 Å². The van der Waals surface area contributed by atoms with Crippen molar-refractivity contribution in [3.05, 3.63) is 89.5 Å². The number of anilines is 1. The van der Waals surface area contributed by atoms with E-state index in [-0.39, 0.29) is 22.2 Å². The van der Waals surface area contributed by atoms with Gasteiger partial charge in [-0.1, -0.05) is 42.5 Å². The maximum atomic E-state index is 12.8. The number of para-hydroxylation sites is 2. The fraction of sp³-hybridized carbons (Fsp3) is 0.231. The fourth-order valence-corrected chi connectivity index (χ4v) is 5.19. The van der Waals surface area contributed by atoms with Crippen LogP contribution in [0, 0.1) is 0 Å². The number of carbonyl (C=O) groups is 2. The quantitative estimate of drug-likeness (QED) is 0.460. The summed E-state index contributed by atoms with van der Waals surface area (Å²) >= 11 is 0. The van der Waals surface area contributed by atoms with E-state index in [4.69, 9.17) is 9.47 Å². The van der Waals surface area contributed by atoms with Crippen LogP contribution in [0.5, 0.6) is 5.75 Å². The Hall–Kier alpha value is -3.85. The molecular formula is C26H26N2O6S. The molecule has 0 bridgehead atoms. The molecule has 35 heavy (non-hydrogen) atoms. The first kappa shape index (κ1) is 24.3. The zero-order valence-electron chi connectivity index (χ0n) is 19.2. The molecule has 0 spiro atoms. The lowest BCUT2D eigenvalue weighted by atomic mass is 9.88. The molecule has 8 nitrogen and oxygen atoms in total. The zero-order valence-corrected chi connectivity index (χ0v) is 20.0. The lowest BCUT2D eigenvalue weighted by Gasteiger charge is -2.26. The van der Waals surface area contributed by atoms with Gasteiger partial charge in [0.15, 0.2) is 6.61 Å². The maximum absolute atomic E-state index is 12.8. The topological polar surface area (TPSA) is 111 Å². The lowest BCUT2D eigenvalue weighted by molar-refractivity contribution is -0.125. The number of hydrogen-bond acceptors (Lipinski definition) is 6. The molecule has 1 atom stereocenters. The highest BCUT2D eigenvalue weighted by Crippen LogP contribution is 2.29. The van der Waals surface area contributed by atoms with Crippen LogP contribution in [-0.4, -0.2) is 34.0 Å². The first-order valence-corrected chi connectivity index (χ1v) is 12.7. The standard InChI is InChI=1S/C26H26N2O6S/c1-33-24-15-5-4-13-23(24)28-35(31,32)20-11-6-10-19(16-20)26(30)34-17-25(29)27-22-14-7-9-18-8-2-3-12-21(18)22/h2-6,8,10-13,15-16,22,28H,7,9,14,17H2,1H3,(H,27,29). The second-order valence-corrected chi connectivity index (χ2v) is 9.80. The molecule has 4 rings (SSSR count). The molecule has 9 heteroatoms. The van der Waals surface area contributed by atoms with E-state index in [1.807, 2.05) is 18.2 Å². The third-order valence-electron chi connectivity index (χ3n) is 5.77. The van der Waals surface area contributed by atoms with Crippen molar-refractivity contribution in [2.75, 3.05) is 18.4 Å². The summed E-state index contributed by atoms with van der Waals surface area (Å²) in [7, 11) is -2.56. The molecule has 3 aromatic carbocycles. The van der Waals surface area contributed by atoms with Crippen molar-refractivity contribution in [3.63, 3.8) is 0 Å². The number of hydrogen-bond donors (Lipinski definition) is 2. The molecule has 0 saturated heterocycles.